The molecule has 1 heterocycles. The first-order valence-corrected chi connectivity index (χ1v) is 7.93. The van der Waals surface area contributed by atoms with Gasteiger partial charge in [-0.3, -0.25) is 14.5 Å². The van der Waals surface area contributed by atoms with Crippen LogP contribution in [0.15, 0.2) is 18.2 Å². The molecule has 2 aliphatic rings. The molecule has 6 nitrogen and oxygen atoms in total. The van der Waals surface area contributed by atoms with Crippen LogP contribution < -0.4 is 5.32 Å². The summed E-state index contributed by atoms with van der Waals surface area (Å²) >= 11 is 5.85. The topological polar surface area (TPSA) is 75.7 Å². The Hall–Kier alpha value is -2.15. The molecule has 128 valence electrons. The van der Waals surface area contributed by atoms with Gasteiger partial charge in [-0.05, 0) is 37.8 Å². The number of hydrogen-bond acceptors (Lipinski definition) is 4. The van der Waals surface area contributed by atoms with E-state index in [2.05, 4.69) is 5.32 Å². The molecule has 3 rings (SSSR count). The minimum atomic E-state index is -0.952. The second-order valence-electron chi connectivity index (χ2n) is 6.16. The summed E-state index contributed by atoms with van der Waals surface area (Å²) < 4.78 is 18.6. The predicted molar refractivity (Wildman–Crippen MR) is 82.6 cm³/mol. The van der Waals surface area contributed by atoms with Gasteiger partial charge in [0.25, 0.3) is 5.91 Å². The molecule has 3 amide bonds. The lowest BCUT2D eigenvalue weighted by Gasteiger charge is -2.20. The van der Waals surface area contributed by atoms with Crippen molar-refractivity contribution in [1.29, 1.82) is 0 Å². The molecule has 1 aromatic rings. The van der Waals surface area contributed by atoms with Gasteiger partial charge in [0.15, 0.2) is 0 Å². The standard InChI is InChI=1S/C16H16ClFN2O4/c1-16(9-5-6-9)14(22)20(15(23)19-16)7-13(21)24-8-10-11(17)3-2-4-12(10)18/h2-4,9H,5-8H2,1H3,(H,19,23)/t16-/m1/s1. The van der Waals surface area contributed by atoms with E-state index in [1.807, 2.05) is 0 Å². The molecule has 1 N–H and O–H groups in total. The average molecular weight is 355 g/mol. The van der Waals surface area contributed by atoms with Crippen molar-refractivity contribution >= 4 is 29.5 Å². The lowest BCUT2D eigenvalue weighted by molar-refractivity contribution is -0.149. The van der Waals surface area contributed by atoms with E-state index in [9.17, 15) is 18.8 Å². The second kappa shape index (κ2) is 6.05. The summed E-state index contributed by atoms with van der Waals surface area (Å²) in [7, 11) is 0. The van der Waals surface area contributed by atoms with Crippen LogP contribution in [0, 0.1) is 11.7 Å². The van der Waals surface area contributed by atoms with E-state index < -0.39 is 35.8 Å². The molecule has 24 heavy (non-hydrogen) atoms. The highest BCUT2D eigenvalue weighted by atomic mass is 35.5. The maximum atomic E-state index is 13.6. The van der Waals surface area contributed by atoms with Crippen LogP contribution in [0.5, 0.6) is 0 Å². The van der Waals surface area contributed by atoms with Crippen LogP contribution >= 0.6 is 11.6 Å². The van der Waals surface area contributed by atoms with Crippen LogP contribution in [0.2, 0.25) is 5.02 Å². The van der Waals surface area contributed by atoms with Crippen LogP contribution in [0.25, 0.3) is 0 Å². The number of ether oxygens (including phenoxy) is 1. The molecule has 2 fully saturated rings. The third-order valence-electron chi connectivity index (χ3n) is 4.42. The molecule has 1 aromatic carbocycles. The molecule has 1 atom stereocenters. The number of nitrogens with one attached hydrogen (secondary N) is 1. The molecule has 1 aliphatic heterocycles. The highest BCUT2D eigenvalue weighted by Crippen LogP contribution is 2.42. The van der Waals surface area contributed by atoms with Crippen molar-refractivity contribution in [3.8, 4) is 0 Å². The third kappa shape index (κ3) is 2.96. The van der Waals surface area contributed by atoms with Gasteiger partial charge in [-0.25, -0.2) is 9.18 Å². The Bertz CT molecular complexity index is 702. The molecule has 0 radical (unpaired) electrons. The van der Waals surface area contributed by atoms with Crippen LogP contribution in [0.4, 0.5) is 9.18 Å². The van der Waals surface area contributed by atoms with Crippen molar-refractivity contribution in [2.75, 3.05) is 6.54 Å². The molecule has 1 saturated heterocycles. The van der Waals surface area contributed by atoms with Gasteiger partial charge in [0.1, 0.15) is 24.5 Å². The van der Waals surface area contributed by atoms with Crippen molar-refractivity contribution in [2.24, 2.45) is 5.92 Å². The number of carbonyl (C=O) groups excluding carboxylic acids is 3. The molecular weight excluding hydrogens is 339 g/mol. The first-order valence-electron chi connectivity index (χ1n) is 7.55. The van der Waals surface area contributed by atoms with Crippen molar-refractivity contribution in [2.45, 2.75) is 31.9 Å². The van der Waals surface area contributed by atoms with Gasteiger partial charge in [-0.2, -0.15) is 0 Å². The van der Waals surface area contributed by atoms with Gasteiger partial charge in [0.2, 0.25) is 0 Å². The Balaban J connectivity index is 1.61. The SMILES string of the molecule is C[C@]1(C2CC2)NC(=O)N(CC(=O)OCc2c(F)cccc2Cl)C1=O. The van der Waals surface area contributed by atoms with Crippen LogP contribution in [0.1, 0.15) is 25.3 Å². The largest absolute Gasteiger partial charge is 0.459 e. The number of esters is 1. The van der Waals surface area contributed by atoms with E-state index in [0.29, 0.717) is 0 Å². The van der Waals surface area contributed by atoms with Crippen molar-refractivity contribution in [3.05, 3.63) is 34.6 Å². The number of hydrogen-bond donors (Lipinski definition) is 1. The zero-order valence-electron chi connectivity index (χ0n) is 13.0. The third-order valence-corrected chi connectivity index (χ3v) is 4.78. The monoisotopic (exact) mass is 354 g/mol. The molecule has 0 aromatic heterocycles. The molecule has 0 bridgehead atoms. The van der Waals surface area contributed by atoms with Crippen LogP contribution in [-0.4, -0.2) is 34.9 Å². The number of imide groups is 1. The van der Waals surface area contributed by atoms with Gasteiger partial charge >= 0.3 is 12.0 Å². The zero-order chi connectivity index (χ0) is 17.5. The lowest BCUT2D eigenvalue weighted by atomic mass is 9.96. The van der Waals surface area contributed by atoms with Gasteiger partial charge < -0.3 is 10.1 Å². The molecule has 0 spiro atoms. The normalized spacial score (nSPS) is 23.4. The first kappa shape index (κ1) is 16.7. The van der Waals surface area contributed by atoms with Crippen molar-refractivity contribution < 1.29 is 23.5 Å². The average Bonchev–Trinajstić information content (AvgIpc) is 3.33. The highest BCUT2D eigenvalue weighted by Gasteiger charge is 2.56. The minimum absolute atomic E-state index is 0.0486. The van der Waals surface area contributed by atoms with E-state index >= 15 is 0 Å². The molecule has 1 aliphatic carbocycles. The number of carbonyl (C=O) groups is 3. The summed E-state index contributed by atoms with van der Waals surface area (Å²) in [6.45, 7) is 0.780. The van der Waals surface area contributed by atoms with E-state index in [1.54, 1.807) is 6.92 Å². The van der Waals surface area contributed by atoms with Crippen molar-refractivity contribution in [3.63, 3.8) is 0 Å². The summed E-state index contributed by atoms with van der Waals surface area (Å²) in [5.41, 5.74) is -0.904. The van der Waals surface area contributed by atoms with Gasteiger partial charge in [0, 0.05) is 5.56 Å². The Morgan fingerprint density at radius 2 is 2.17 bits per heavy atom. The fraction of sp³-hybridized carbons (Fsp3) is 0.438. The summed E-state index contributed by atoms with van der Waals surface area (Å²) in [5.74, 6) is -1.73. The number of nitrogens with zero attached hydrogens (tertiary/aromatic N) is 1. The van der Waals surface area contributed by atoms with Crippen molar-refractivity contribution in [1.82, 2.24) is 10.2 Å². The number of benzene rings is 1. The van der Waals surface area contributed by atoms with E-state index in [4.69, 9.17) is 16.3 Å². The summed E-state index contributed by atoms with van der Waals surface area (Å²) in [6.07, 6.45) is 1.74. The molecule has 1 saturated carbocycles. The maximum absolute atomic E-state index is 13.6. The summed E-state index contributed by atoms with van der Waals surface area (Å²) in [6, 6.07) is 3.50. The Morgan fingerprint density at radius 3 is 2.79 bits per heavy atom. The number of urea groups is 1. The minimum Gasteiger partial charge on any atom is -0.459 e. The first-order chi connectivity index (χ1) is 11.3. The Morgan fingerprint density at radius 1 is 1.46 bits per heavy atom. The summed E-state index contributed by atoms with van der Waals surface area (Å²) in [5, 5.41) is 2.78. The van der Waals surface area contributed by atoms with Crippen LogP contribution in [0.3, 0.4) is 0 Å². The fourth-order valence-electron chi connectivity index (χ4n) is 2.79. The van der Waals surface area contributed by atoms with E-state index in [-0.39, 0.29) is 23.1 Å². The van der Waals surface area contributed by atoms with E-state index in [0.717, 1.165) is 17.7 Å². The van der Waals surface area contributed by atoms with Gasteiger partial charge in [-0.15, -0.1) is 0 Å². The number of amides is 3. The Kier molecular flexibility index (Phi) is 4.21. The maximum Gasteiger partial charge on any atom is 0.326 e. The number of rotatable bonds is 5. The van der Waals surface area contributed by atoms with Gasteiger partial charge in [-0.1, -0.05) is 17.7 Å². The second-order valence-corrected chi connectivity index (χ2v) is 6.57. The molecule has 8 heteroatoms. The smallest absolute Gasteiger partial charge is 0.326 e. The van der Waals surface area contributed by atoms with E-state index in [1.165, 1.54) is 18.2 Å². The number of halogens is 2. The highest BCUT2D eigenvalue weighted by molar-refractivity contribution is 6.31. The predicted octanol–water partition coefficient (Wildman–Crippen LogP) is 2.24. The van der Waals surface area contributed by atoms with Gasteiger partial charge in [0.05, 0.1) is 5.02 Å². The zero-order valence-corrected chi connectivity index (χ0v) is 13.7. The quantitative estimate of drug-likeness (QED) is 0.650. The Labute approximate surface area is 142 Å². The fourth-order valence-corrected chi connectivity index (χ4v) is 3.01. The summed E-state index contributed by atoms with van der Waals surface area (Å²) in [4.78, 5) is 37.1. The molecular formula is C16H16ClFN2O4. The molecule has 0 unspecified atom stereocenters. The lowest BCUT2D eigenvalue weighted by Crippen LogP contribution is -2.46. The van der Waals surface area contributed by atoms with Crippen LogP contribution in [-0.2, 0) is 20.9 Å².